The summed E-state index contributed by atoms with van der Waals surface area (Å²) in [6, 6.07) is 1.64. The van der Waals surface area contributed by atoms with Crippen molar-refractivity contribution < 1.29 is 17.7 Å². The smallest absolute Gasteiger partial charge is 0.273 e. The number of piperidine rings is 1. The van der Waals surface area contributed by atoms with Gasteiger partial charge in [-0.25, -0.2) is 8.42 Å². The minimum Gasteiger partial charge on any atom is -0.360 e. The number of fused-ring (bicyclic) bond motifs is 2. The molecule has 1 saturated carbocycles. The third kappa shape index (κ3) is 3.64. The van der Waals surface area contributed by atoms with Crippen LogP contribution in [0, 0.1) is 0 Å². The molecule has 26 heavy (non-hydrogen) atoms. The first kappa shape index (κ1) is 18.3. The molecule has 0 radical (unpaired) electrons. The number of hydrogen-bond donors (Lipinski definition) is 1. The van der Waals surface area contributed by atoms with Crippen LogP contribution in [0.15, 0.2) is 10.6 Å². The molecule has 1 aromatic rings. The second kappa shape index (κ2) is 7.13. The topological polar surface area (TPSA) is 92.5 Å². The summed E-state index contributed by atoms with van der Waals surface area (Å²) in [5.41, 5.74) is 0.316. The van der Waals surface area contributed by atoms with E-state index >= 15 is 0 Å². The molecule has 3 fully saturated rings. The molecule has 2 aliphatic heterocycles. The Morgan fingerprint density at radius 2 is 1.96 bits per heavy atom. The highest BCUT2D eigenvalue weighted by atomic mass is 35.5. The fourth-order valence-electron chi connectivity index (χ4n) is 4.26. The Balaban J connectivity index is 1.38. The second-order valence-electron chi connectivity index (χ2n) is 7.60. The molecule has 1 aromatic heterocycles. The molecule has 1 amide bonds. The van der Waals surface area contributed by atoms with E-state index in [2.05, 4.69) is 10.5 Å². The Bertz CT molecular complexity index is 763. The Morgan fingerprint density at radius 3 is 2.58 bits per heavy atom. The van der Waals surface area contributed by atoms with Crippen LogP contribution >= 0.6 is 11.6 Å². The molecule has 2 saturated heterocycles. The molecule has 0 aromatic carbocycles. The number of hydrogen-bond acceptors (Lipinski definition) is 5. The molecule has 4 rings (SSSR count). The molecule has 2 bridgehead atoms. The summed E-state index contributed by atoms with van der Waals surface area (Å²) in [5.74, 6) is 1.42. The maximum Gasteiger partial charge on any atom is 0.273 e. The molecular weight excluding hydrogens is 378 g/mol. The van der Waals surface area contributed by atoms with Crippen LogP contribution in [-0.2, 0) is 10.0 Å². The van der Waals surface area contributed by atoms with E-state index < -0.39 is 10.0 Å². The number of rotatable bonds is 7. The summed E-state index contributed by atoms with van der Waals surface area (Å²) >= 11 is 5.65. The average molecular weight is 402 g/mol. The fraction of sp³-hybridized carbons (Fsp3) is 0.765. The molecule has 1 aliphatic carbocycles. The van der Waals surface area contributed by atoms with Crippen molar-refractivity contribution in [3.05, 3.63) is 17.5 Å². The van der Waals surface area contributed by atoms with E-state index in [1.807, 2.05) is 0 Å². The lowest BCUT2D eigenvalue weighted by molar-refractivity contribution is 0.0900. The maximum absolute atomic E-state index is 12.6. The standard InChI is InChI=1S/C17H24ClN3O4S/c18-6-1-7-26(23,24)21-13-4-5-14(21)9-12(8-13)19-17(22)15-10-16(25-20-15)11-2-3-11/h10-14H,1-9H2,(H,19,22)/t12-,13-,14+. The van der Waals surface area contributed by atoms with Gasteiger partial charge < -0.3 is 9.84 Å². The fourth-order valence-corrected chi connectivity index (χ4v) is 6.57. The van der Waals surface area contributed by atoms with Crippen molar-refractivity contribution in [2.24, 2.45) is 0 Å². The van der Waals surface area contributed by atoms with Crippen LogP contribution in [0.2, 0.25) is 0 Å². The number of nitrogens with one attached hydrogen (secondary N) is 1. The highest BCUT2D eigenvalue weighted by molar-refractivity contribution is 7.89. The third-order valence-corrected chi connectivity index (χ3v) is 7.91. The SMILES string of the molecule is O=C(N[C@@H]1C[C@H]2CC[C@@H](C1)N2S(=O)(=O)CCCCl)c1cc(C2CC2)on1. The monoisotopic (exact) mass is 401 g/mol. The van der Waals surface area contributed by atoms with Crippen LogP contribution in [0.3, 0.4) is 0 Å². The number of alkyl halides is 1. The van der Waals surface area contributed by atoms with Crippen molar-refractivity contribution >= 4 is 27.5 Å². The summed E-state index contributed by atoms with van der Waals surface area (Å²) < 4.78 is 32.1. The average Bonchev–Trinajstić information content (AvgIpc) is 3.26. The van der Waals surface area contributed by atoms with Crippen LogP contribution in [-0.4, -0.2) is 53.5 Å². The van der Waals surface area contributed by atoms with Gasteiger partial charge in [0.15, 0.2) is 5.69 Å². The largest absolute Gasteiger partial charge is 0.360 e. The van der Waals surface area contributed by atoms with E-state index in [9.17, 15) is 13.2 Å². The number of amides is 1. The van der Waals surface area contributed by atoms with Crippen LogP contribution in [0.1, 0.15) is 67.1 Å². The summed E-state index contributed by atoms with van der Waals surface area (Å²) in [7, 11) is -3.28. The van der Waals surface area contributed by atoms with Crippen molar-refractivity contribution in [3.8, 4) is 0 Å². The van der Waals surface area contributed by atoms with Gasteiger partial charge in [0, 0.05) is 36.0 Å². The van der Waals surface area contributed by atoms with Crippen LogP contribution in [0.5, 0.6) is 0 Å². The molecule has 3 heterocycles. The van der Waals surface area contributed by atoms with Gasteiger partial charge in [-0.2, -0.15) is 4.31 Å². The lowest BCUT2D eigenvalue weighted by Crippen LogP contribution is -2.52. The van der Waals surface area contributed by atoms with Crippen molar-refractivity contribution in [3.63, 3.8) is 0 Å². The summed E-state index contributed by atoms with van der Waals surface area (Å²) in [6.07, 6.45) is 5.66. The zero-order valence-corrected chi connectivity index (χ0v) is 16.1. The predicted molar refractivity (Wildman–Crippen MR) is 96.7 cm³/mol. The van der Waals surface area contributed by atoms with Gasteiger partial charge in [-0.15, -0.1) is 11.6 Å². The van der Waals surface area contributed by atoms with E-state index in [1.165, 1.54) is 0 Å². The van der Waals surface area contributed by atoms with Gasteiger partial charge in [0.1, 0.15) is 5.76 Å². The minimum atomic E-state index is -3.28. The van der Waals surface area contributed by atoms with E-state index in [-0.39, 0.29) is 29.8 Å². The van der Waals surface area contributed by atoms with E-state index in [4.69, 9.17) is 16.1 Å². The van der Waals surface area contributed by atoms with E-state index in [0.717, 1.165) is 31.4 Å². The van der Waals surface area contributed by atoms with Gasteiger partial charge in [-0.1, -0.05) is 5.16 Å². The van der Waals surface area contributed by atoms with Crippen molar-refractivity contribution in [2.75, 3.05) is 11.6 Å². The first-order valence-electron chi connectivity index (χ1n) is 9.32. The number of carbonyl (C=O) groups excluding carboxylic acids is 1. The molecular formula is C17H24ClN3O4S. The van der Waals surface area contributed by atoms with Gasteiger partial charge in [0.2, 0.25) is 10.0 Å². The van der Waals surface area contributed by atoms with Gasteiger partial charge in [0.05, 0.1) is 5.75 Å². The normalized spacial score (nSPS) is 29.0. The molecule has 3 aliphatic rings. The van der Waals surface area contributed by atoms with Crippen LogP contribution in [0.4, 0.5) is 0 Å². The molecule has 3 atom stereocenters. The first-order chi connectivity index (χ1) is 12.5. The number of carbonyl (C=O) groups is 1. The quantitative estimate of drug-likeness (QED) is 0.707. The Hall–Kier alpha value is -1.12. The molecule has 9 heteroatoms. The summed E-state index contributed by atoms with van der Waals surface area (Å²) in [6.45, 7) is 0. The Labute approximate surface area is 158 Å². The summed E-state index contributed by atoms with van der Waals surface area (Å²) in [4.78, 5) is 12.4. The van der Waals surface area contributed by atoms with Crippen LogP contribution < -0.4 is 5.32 Å². The zero-order valence-electron chi connectivity index (χ0n) is 14.6. The van der Waals surface area contributed by atoms with Crippen molar-refractivity contribution in [1.82, 2.24) is 14.8 Å². The molecule has 144 valence electrons. The van der Waals surface area contributed by atoms with Gasteiger partial charge in [0.25, 0.3) is 5.91 Å². The molecule has 0 spiro atoms. The highest BCUT2D eigenvalue weighted by Gasteiger charge is 2.46. The van der Waals surface area contributed by atoms with Gasteiger partial charge in [-0.05, 0) is 44.9 Å². The predicted octanol–water partition coefficient (Wildman–Crippen LogP) is 2.24. The van der Waals surface area contributed by atoms with E-state index in [0.29, 0.717) is 36.8 Å². The minimum absolute atomic E-state index is 0.0273. The first-order valence-corrected chi connectivity index (χ1v) is 11.5. The molecule has 7 nitrogen and oxygen atoms in total. The van der Waals surface area contributed by atoms with Crippen molar-refractivity contribution in [2.45, 2.75) is 69.0 Å². The maximum atomic E-state index is 12.6. The number of sulfonamides is 1. The van der Waals surface area contributed by atoms with Gasteiger partial charge >= 0.3 is 0 Å². The lowest BCUT2D eigenvalue weighted by atomic mass is 9.99. The van der Waals surface area contributed by atoms with Crippen LogP contribution in [0.25, 0.3) is 0 Å². The van der Waals surface area contributed by atoms with E-state index in [1.54, 1.807) is 10.4 Å². The Kier molecular flexibility index (Phi) is 5.00. The highest BCUT2D eigenvalue weighted by Crippen LogP contribution is 2.40. The van der Waals surface area contributed by atoms with Gasteiger partial charge in [-0.3, -0.25) is 4.79 Å². The molecule has 1 N–H and O–H groups in total. The Morgan fingerprint density at radius 1 is 1.27 bits per heavy atom. The third-order valence-electron chi connectivity index (χ3n) is 5.60. The van der Waals surface area contributed by atoms with Crippen molar-refractivity contribution in [1.29, 1.82) is 0 Å². The number of nitrogens with zero attached hydrogens (tertiary/aromatic N) is 2. The number of halogens is 1. The second-order valence-corrected chi connectivity index (χ2v) is 9.98. The number of aromatic nitrogens is 1. The zero-order chi connectivity index (χ0) is 18.3. The molecule has 0 unspecified atom stereocenters. The lowest BCUT2D eigenvalue weighted by Gasteiger charge is -2.38. The summed E-state index contributed by atoms with van der Waals surface area (Å²) in [5, 5.41) is 6.90.